The van der Waals surface area contributed by atoms with Crippen LogP contribution in [0.1, 0.15) is 39.9 Å². The molecule has 3 fully saturated rings. The molecule has 1 aromatic heterocycles. The minimum Gasteiger partial charge on any atom is -0.488 e. The van der Waals surface area contributed by atoms with E-state index in [1.807, 2.05) is 30.5 Å². The van der Waals surface area contributed by atoms with Gasteiger partial charge in [-0.3, -0.25) is 9.59 Å². The summed E-state index contributed by atoms with van der Waals surface area (Å²) in [6.07, 6.45) is 1.92. The van der Waals surface area contributed by atoms with Crippen molar-refractivity contribution in [2.75, 3.05) is 44.3 Å². The number of hydrogen-bond donors (Lipinski definition) is 1. The first-order chi connectivity index (χ1) is 19.9. The molecule has 1 amide bonds. The third kappa shape index (κ3) is 5.52. The Hall–Kier alpha value is -3.94. The average Bonchev–Trinajstić information content (AvgIpc) is 3.59. The minimum atomic E-state index is -0.670. The van der Waals surface area contributed by atoms with E-state index in [-0.39, 0.29) is 30.3 Å². The lowest BCUT2D eigenvalue weighted by Gasteiger charge is -2.35. The largest absolute Gasteiger partial charge is 0.488 e. The van der Waals surface area contributed by atoms with Crippen molar-refractivity contribution in [1.29, 1.82) is 5.26 Å². The number of rotatable bonds is 7. The Balaban J connectivity index is 1.18. The molecule has 3 aliphatic rings. The number of piperidine rings is 1. The number of aromatic nitrogens is 1. The monoisotopic (exact) mass is 572 g/mol. The van der Waals surface area contributed by atoms with Gasteiger partial charge in [-0.2, -0.15) is 5.26 Å². The van der Waals surface area contributed by atoms with Crippen LogP contribution in [0.3, 0.4) is 0 Å². The van der Waals surface area contributed by atoms with Gasteiger partial charge in [-0.25, -0.2) is 4.98 Å². The lowest BCUT2D eigenvalue weighted by Crippen LogP contribution is -2.44. The molecule has 2 aromatic carbocycles. The molecule has 3 aromatic rings. The molecule has 2 bridgehead atoms. The molecular weight excluding hydrogens is 540 g/mol. The second-order valence-corrected chi connectivity index (χ2v) is 11.9. The number of nitriles is 1. The zero-order valence-corrected chi connectivity index (χ0v) is 23.7. The van der Waals surface area contributed by atoms with E-state index < -0.39 is 5.97 Å². The zero-order chi connectivity index (χ0) is 28.5. The third-order valence-corrected chi connectivity index (χ3v) is 9.35. The highest BCUT2D eigenvalue weighted by Crippen LogP contribution is 2.44. The van der Waals surface area contributed by atoms with E-state index in [2.05, 4.69) is 11.0 Å². The van der Waals surface area contributed by atoms with Crippen LogP contribution in [0.25, 0.3) is 11.3 Å². The van der Waals surface area contributed by atoms with Crippen molar-refractivity contribution in [3.8, 4) is 23.1 Å². The lowest BCUT2D eigenvalue weighted by molar-refractivity contribution is -0.144. The Kier molecular flexibility index (Phi) is 7.65. The van der Waals surface area contributed by atoms with Gasteiger partial charge in [0.2, 0.25) is 0 Å². The van der Waals surface area contributed by atoms with E-state index in [1.165, 1.54) is 0 Å². The normalized spacial score (nSPS) is 21.9. The topological polar surface area (TPSA) is 116 Å². The molecular formula is C31H32N4O5S. The fraction of sp³-hybridized carbons (Fsp3) is 0.419. The predicted molar refractivity (Wildman–Crippen MR) is 154 cm³/mol. The van der Waals surface area contributed by atoms with Crippen molar-refractivity contribution in [3.63, 3.8) is 0 Å². The zero-order valence-electron chi connectivity index (χ0n) is 22.9. The van der Waals surface area contributed by atoms with Gasteiger partial charge in [0.1, 0.15) is 12.4 Å². The van der Waals surface area contributed by atoms with Gasteiger partial charge in [-0.1, -0.05) is 17.7 Å². The van der Waals surface area contributed by atoms with Gasteiger partial charge in [0, 0.05) is 48.2 Å². The highest BCUT2D eigenvalue weighted by Gasteiger charge is 2.46. The van der Waals surface area contributed by atoms with Crippen LogP contribution in [0, 0.1) is 36.0 Å². The van der Waals surface area contributed by atoms with Crippen molar-refractivity contribution in [2.24, 2.45) is 17.8 Å². The molecule has 1 aliphatic carbocycles. The van der Waals surface area contributed by atoms with Crippen LogP contribution < -0.4 is 9.64 Å². The molecule has 2 aliphatic heterocycles. The van der Waals surface area contributed by atoms with Gasteiger partial charge in [-0.15, -0.1) is 11.3 Å². The van der Waals surface area contributed by atoms with E-state index in [4.69, 9.17) is 14.5 Å². The van der Waals surface area contributed by atoms with Crippen LogP contribution in [0.15, 0.2) is 41.8 Å². The maximum atomic E-state index is 12.9. The summed E-state index contributed by atoms with van der Waals surface area (Å²) in [6.45, 7) is 5.76. The van der Waals surface area contributed by atoms with E-state index in [0.717, 1.165) is 47.9 Å². The SMILES string of the molecule is Cc1ccc(OCc2ccc(C(=O)N3CCOCC3)cc2C#N)c(-c2csc(N3CC4CCC(C3)C4C(=O)O)n2)c1. The fourth-order valence-electron chi connectivity index (χ4n) is 6.33. The highest BCUT2D eigenvalue weighted by atomic mass is 32.1. The molecule has 9 nitrogen and oxygen atoms in total. The number of fused-ring (bicyclic) bond motifs is 2. The summed E-state index contributed by atoms with van der Waals surface area (Å²) in [5.74, 6) is -0.0153. The minimum absolute atomic E-state index is 0.0994. The Morgan fingerprint density at radius 2 is 1.90 bits per heavy atom. The molecule has 1 N–H and O–H groups in total. The number of morpholine rings is 1. The maximum absolute atomic E-state index is 12.9. The summed E-state index contributed by atoms with van der Waals surface area (Å²) >= 11 is 1.57. The van der Waals surface area contributed by atoms with Gasteiger partial charge in [0.25, 0.3) is 5.91 Å². The Bertz CT molecular complexity index is 1490. The number of carbonyl (C=O) groups excluding carboxylic acids is 1. The smallest absolute Gasteiger partial charge is 0.307 e. The summed E-state index contributed by atoms with van der Waals surface area (Å²) < 4.78 is 11.6. The molecule has 212 valence electrons. The molecule has 41 heavy (non-hydrogen) atoms. The maximum Gasteiger partial charge on any atom is 0.307 e. The summed E-state index contributed by atoms with van der Waals surface area (Å²) in [6, 6.07) is 13.3. The second-order valence-electron chi connectivity index (χ2n) is 11.1. The first kappa shape index (κ1) is 27.2. The molecule has 2 unspecified atom stereocenters. The van der Waals surface area contributed by atoms with Gasteiger partial charge >= 0.3 is 5.97 Å². The number of anilines is 1. The number of ether oxygens (including phenoxy) is 2. The van der Waals surface area contributed by atoms with Crippen LogP contribution in [0.4, 0.5) is 5.13 Å². The standard InChI is InChI=1S/C31H32N4O5S/c1-19-2-7-27(40-17-23-6-3-20(13-24(23)14-32)29(36)34-8-10-39-11-9-34)25(12-19)26-18-41-31(33-26)35-15-21-4-5-22(16-35)28(21)30(37)38/h2-3,6-7,12-13,18,21-22,28H,4-5,8-11,15-17H2,1H3,(H,37,38). The highest BCUT2D eigenvalue weighted by molar-refractivity contribution is 7.14. The van der Waals surface area contributed by atoms with Gasteiger partial charge in [0.15, 0.2) is 5.13 Å². The Morgan fingerprint density at radius 1 is 1.15 bits per heavy atom. The quantitative estimate of drug-likeness (QED) is 0.437. The van der Waals surface area contributed by atoms with Gasteiger partial charge in [-0.05, 0) is 55.9 Å². The second kappa shape index (κ2) is 11.5. The number of thiazole rings is 1. The molecule has 6 rings (SSSR count). The van der Waals surface area contributed by atoms with Crippen LogP contribution in [-0.4, -0.2) is 66.3 Å². The molecule has 0 radical (unpaired) electrons. The van der Waals surface area contributed by atoms with Crippen molar-refractivity contribution in [1.82, 2.24) is 9.88 Å². The summed E-state index contributed by atoms with van der Waals surface area (Å²) in [4.78, 5) is 33.6. The summed E-state index contributed by atoms with van der Waals surface area (Å²) in [5, 5.41) is 22.4. The number of carboxylic acid groups (broad SMARTS) is 1. The molecule has 10 heteroatoms. The Morgan fingerprint density at radius 3 is 2.61 bits per heavy atom. The van der Waals surface area contributed by atoms with Crippen LogP contribution in [0.2, 0.25) is 0 Å². The molecule has 0 spiro atoms. The summed E-state index contributed by atoms with van der Waals surface area (Å²) in [5.41, 5.74) is 4.35. The molecule has 2 saturated heterocycles. The molecule has 2 atom stereocenters. The summed E-state index contributed by atoms with van der Waals surface area (Å²) in [7, 11) is 0. The van der Waals surface area contributed by atoms with Crippen LogP contribution in [0.5, 0.6) is 5.75 Å². The van der Waals surface area contributed by atoms with Crippen LogP contribution >= 0.6 is 11.3 Å². The van der Waals surface area contributed by atoms with E-state index in [0.29, 0.717) is 48.7 Å². The fourth-order valence-corrected chi connectivity index (χ4v) is 7.17. The van der Waals surface area contributed by atoms with Crippen LogP contribution in [-0.2, 0) is 16.1 Å². The molecule has 1 saturated carbocycles. The number of aryl methyl sites for hydroxylation is 1. The van der Waals surface area contributed by atoms with Crippen molar-refractivity contribution >= 4 is 28.3 Å². The number of benzene rings is 2. The van der Waals surface area contributed by atoms with E-state index >= 15 is 0 Å². The van der Waals surface area contributed by atoms with Crippen molar-refractivity contribution < 1.29 is 24.2 Å². The first-order valence-electron chi connectivity index (χ1n) is 14.0. The number of nitrogens with zero attached hydrogens (tertiary/aromatic N) is 4. The third-order valence-electron chi connectivity index (χ3n) is 8.45. The van der Waals surface area contributed by atoms with E-state index in [1.54, 1.807) is 34.4 Å². The van der Waals surface area contributed by atoms with Gasteiger partial charge in [0.05, 0.1) is 36.5 Å². The van der Waals surface area contributed by atoms with E-state index in [9.17, 15) is 20.0 Å². The number of carbonyl (C=O) groups is 2. The number of amides is 1. The molecule has 3 heterocycles. The number of aliphatic carboxylic acids is 1. The first-order valence-corrected chi connectivity index (χ1v) is 14.9. The lowest BCUT2D eigenvalue weighted by atomic mass is 9.85. The Labute approximate surface area is 242 Å². The van der Waals surface area contributed by atoms with Crippen molar-refractivity contribution in [3.05, 3.63) is 64.0 Å². The predicted octanol–water partition coefficient (Wildman–Crippen LogP) is 4.59. The van der Waals surface area contributed by atoms with Crippen molar-refractivity contribution in [2.45, 2.75) is 26.4 Å². The van der Waals surface area contributed by atoms with Gasteiger partial charge < -0.3 is 24.4 Å². The number of carboxylic acids is 1. The number of hydrogen-bond acceptors (Lipinski definition) is 8. The average molecular weight is 573 g/mol.